The van der Waals surface area contributed by atoms with Gasteiger partial charge < -0.3 is 5.32 Å². The second kappa shape index (κ2) is 5.53. The van der Waals surface area contributed by atoms with E-state index in [0.717, 1.165) is 18.3 Å². The Labute approximate surface area is 125 Å². The molecule has 1 aliphatic carbocycles. The number of nitrogens with one attached hydrogen (secondary N) is 1. The molecular formula is C17H22N4. The van der Waals surface area contributed by atoms with Crippen LogP contribution in [-0.4, -0.2) is 39.9 Å². The number of aromatic nitrogens is 2. The largest absolute Gasteiger partial charge is 0.378 e. The molecule has 110 valence electrons. The van der Waals surface area contributed by atoms with Gasteiger partial charge in [0.2, 0.25) is 0 Å². The molecule has 0 radical (unpaired) electrons. The molecule has 2 heterocycles. The summed E-state index contributed by atoms with van der Waals surface area (Å²) in [5.74, 6) is 0. The fourth-order valence-corrected chi connectivity index (χ4v) is 3.21. The van der Waals surface area contributed by atoms with Gasteiger partial charge in [-0.15, -0.1) is 0 Å². The average Bonchev–Trinajstić information content (AvgIpc) is 3.11. The van der Waals surface area contributed by atoms with Crippen molar-refractivity contribution < 1.29 is 0 Å². The van der Waals surface area contributed by atoms with Crippen LogP contribution in [0.3, 0.4) is 0 Å². The fraction of sp³-hybridized carbons (Fsp3) is 0.471. The summed E-state index contributed by atoms with van der Waals surface area (Å²) in [5, 5.41) is 8.10. The van der Waals surface area contributed by atoms with Crippen LogP contribution in [-0.2, 0) is 6.54 Å². The average molecular weight is 282 g/mol. The number of hydrogen-bond acceptors (Lipinski definition) is 3. The maximum atomic E-state index is 4.46. The van der Waals surface area contributed by atoms with Crippen molar-refractivity contribution in [2.45, 2.75) is 37.9 Å². The first kappa shape index (κ1) is 12.9. The van der Waals surface area contributed by atoms with Crippen molar-refractivity contribution in [3.63, 3.8) is 0 Å². The van der Waals surface area contributed by atoms with Gasteiger partial charge in [0.05, 0.1) is 18.4 Å². The second-order valence-corrected chi connectivity index (χ2v) is 6.27. The van der Waals surface area contributed by atoms with Gasteiger partial charge in [-0.2, -0.15) is 5.10 Å². The van der Waals surface area contributed by atoms with E-state index in [4.69, 9.17) is 0 Å². The van der Waals surface area contributed by atoms with Crippen molar-refractivity contribution in [2.24, 2.45) is 0 Å². The molecule has 1 N–H and O–H groups in total. The van der Waals surface area contributed by atoms with Gasteiger partial charge >= 0.3 is 0 Å². The molecule has 2 fully saturated rings. The topological polar surface area (TPSA) is 33.1 Å². The van der Waals surface area contributed by atoms with Gasteiger partial charge in [0.25, 0.3) is 0 Å². The molecular weight excluding hydrogens is 260 g/mol. The van der Waals surface area contributed by atoms with Gasteiger partial charge in [-0.05, 0) is 24.8 Å². The Morgan fingerprint density at radius 2 is 2.00 bits per heavy atom. The van der Waals surface area contributed by atoms with Crippen LogP contribution in [0.1, 0.15) is 24.8 Å². The molecule has 1 aliphatic heterocycles. The monoisotopic (exact) mass is 282 g/mol. The lowest BCUT2D eigenvalue weighted by Gasteiger charge is -2.15. The molecule has 4 rings (SSSR count). The number of nitrogens with zero attached hydrogens (tertiary/aromatic N) is 3. The minimum Gasteiger partial charge on any atom is -0.378 e. The Kier molecular flexibility index (Phi) is 3.39. The van der Waals surface area contributed by atoms with E-state index in [2.05, 4.69) is 45.8 Å². The molecule has 4 heteroatoms. The van der Waals surface area contributed by atoms with E-state index in [1.165, 1.54) is 37.9 Å². The molecule has 1 unspecified atom stereocenters. The lowest BCUT2D eigenvalue weighted by Crippen LogP contribution is -2.27. The van der Waals surface area contributed by atoms with Crippen molar-refractivity contribution >= 4 is 5.69 Å². The third kappa shape index (κ3) is 3.10. The fourth-order valence-electron chi connectivity index (χ4n) is 3.21. The van der Waals surface area contributed by atoms with Crippen molar-refractivity contribution in [3.8, 4) is 0 Å². The zero-order valence-electron chi connectivity index (χ0n) is 12.3. The Morgan fingerprint density at radius 3 is 2.81 bits per heavy atom. The molecule has 2 aromatic rings. The van der Waals surface area contributed by atoms with Gasteiger partial charge in [0.15, 0.2) is 0 Å². The van der Waals surface area contributed by atoms with E-state index in [1.807, 2.05) is 16.9 Å². The molecule has 0 amide bonds. The number of likely N-dealkylation sites (tertiary alicyclic amines) is 1. The van der Waals surface area contributed by atoms with Crippen molar-refractivity contribution in [1.29, 1.82) is 0 Å². The van der Waals surface area contributed by atoms with E-state index in [1.54, 1.807) is 0 Å². The summed E-state index contributed by atoms with van der Waals surface area (Å²) in [7, 11) is 0. The van der Waals surface area contributed by atoms with Crippen LogP contribution in [0.25, 0.3) is 0 Å². The highest BCUT2D eigenvalue weighted by Crippen LogP contribution is 2.30. The standard InChI is InChI=1S/C17H22N4/c1-2-4-14(5-3-1)11-21-13-16(10-18-21)19-15-8-9-20(12-15)17-6-7-17/h1-5,10,13,15,17,19H,6-9,11-12H2. The normalized spacial score (nSPS) is 22.6. The summed E-state index contributed by atoms with van der Waals surface area (Å²) in [6, 6.07) is 11.9. The molecule has 1 aromatic heterocycles. The number of hydrogen-bond donors (Lipinski definition) is 1. The third-order valence-electron chi connectivity index (χ3n) is 4.47. The number of benzene rings is 1. The van der Waals surface area contributed by atoms with Crippen molar-refractivity contribution in [1.82, 2.24) is 14.7 Å². The third-order valence-corrected chi connectivity index (χ3v) is 4.47. The summed E-state index contributed by atoms with van der Waals surface area (Å²) in [5.41, 5.74) is 2.43. The molecule has 2 aliphatic rings. The summed E-state index contributed by atoms with van der Waals surface area (Å²) < 4.78 is 2.01. The Morgan fingerprint density at radius 1 is 1.14 bits per heavy atom. The van der Waals surface area contributed by atoms with Gasteiger partial charge in [0.1, 0.15) is 0 Å². The van der Waals surface area contributed by atoms with Crippen LogP contribution in [0.4, 0.5) is 5.69 Å². The Bertz CT molecular complexity index is 588. The van der Waals surface area contributed by atoms with Crippen LogP contribution in [0, 0.1) is 0 Å². The minimum atomic E-state index is 0.583. The van der Waals surface area contributed by atoms with E-state index >= 15 is 0 Å². The van der Waals surface area contributed by atoms with Crippen LogP contribution in [0.2, 0.25) is 0 Å². The van der Waals surface area contributed by atoms with Gasteiger partial charge in [0, 0.05) is 31.4 Å². The van der Waals surface area contributed by atoms with Crippen LogP contribution < -0.4 is 5.32 Å². The summed E-state index contributed by atoms with van der Waals surface area (Å²) in [6.45, 7) is 3.27. The maximum Gasteiger partial charge on any atom is 0.0729 e. The second-order valence-electron chi connectivity index (χ2n) is 6.27. The summed E-state index contributed by atoms with van der Waals surface area (Å²) >= 11 is 0. The molecule has 0 bridgehead atoms. The quantitative estimate of drug-likeness (QED) is 0.915. The van der Waals surface area contributed by atoms with Gasteiger partial charge in [-0.1, -0.05) is 30.3 Å². The predicted octanol–water partition coefficient (Wildman–Crippen LogP) is 2.58. The summed E-state index contributed by atoms with van der Waals surface area (Å²) in [4.78, 5) is 2.63. The molecule has 1 aromatic carbocycles. The SMILES string of the molecule is c1ccc(Cn2cc(NC3CCN(C4CC4)C3)cn2)cc1. The Balaban J connectivity index is 1.34. The molecule has 1 saturated heterocycles. The Hall–Kier alpha value is -1.81. The van der Waals surface area contributed by atoms with Crippen molar-refractivity contribution in [2.75, 3.05) is 18.4 Å². The van der Waals surface area contributed by atoms with Crippen molar-refractivity contribution in [3.05, 3.63) is 48.3 Å². The lowest BCUT2D eigenvalue weighted by molar-refractivity contribution is 0.326. The highest BCUT2D eigenvalue weighted by Gasteiger charge is 2.34. The van der Waals surface area contributed by atoms with Gasteiger partial charge in [-0.25, -0.2) is 0 Å². The molecule has 21 heavy (non-hydrogen) atoms. The minimum absolute atomic E-state index is 0.583. The zero-order chi connectivity index (χ0) is 14.1. The molecule has 1 atom stereocenters. The predicted molar refractivity (Wildman–Crippen MR) is 84.4 cm³/mol. The van der Waals surface area contributed by atoms with Crippen LogP contribution in [0.5, 0.6) is 0 Å². The highest BCUT2D eigenvalue weighted by atomic mass is 15.3. The summed E-state index contributed by atoms with van der Waals surface area (Å²) in [6.07, 6.45) is 8.12. The van der Waals surface area contributed by atoms with E-state index in [9.17, 15) is 0 Å². The molecule has 1 saturated carbocycles. The van der Waals surface area contributed by atoms with E-state index < -0.39 is 0 Å². The lowest BCUT2D eigenvalue weighted by atomic mass is 10.2. The first-order chi connectivity index (χ1) is 10.4. The molecule has 0 spiro atoms. The van der Waals surface area contributed by atoms with E-state index in [0.29, 0.717) is 6.04 Å². The first-order valence-corrected chi connectivity index (χ1v) is 7.94. The zero-order valence-corrected chi connectivity index (χ0v) is 12.3. The van der Waals surface area contributed by atoms with E-state index in [-0.39, 0.29) is 0 Å². The van der Waals surface area contributed by atoms with Gasteiger partial charge in [-0.3, -0.25) is 9.58 Å². The molecule has 4 nitrogen and oxygen atoms in total. The number of anilines is 1. The van der Waals surface area contributed by atoms with Crippen LogP contribution in [0.15, 0.2) is 42.7 Å². The maximum absolute atomic E-state index is 4.46. The highest BCUT2D eigenvalue weighted by molar-refractivity contribution is 5.40. The number of rotatable bonds is 5. The first-order valence-electron chi connectivity index (χ1n) is 7.94. The smallest absolute Gasteiger partial charge is 0.0729 e. The van der Waals surface area contributed by atoms with Crippen LogP contribution >= 0.6 is 0 Å².